The molecule has 0 spiro atoms. The molecule has 0 bridgehead atoms. The molecule has 4 heteroatoms. The summed E-state index contributed by atoms with van der Waals surface area (Å²) in [5, 5.41) is 9.13. The van der Waals surface area contributed by atoms with Crippen molar-refractivity contribution in [3.05, 3.63) is 22.8 Å². The third-order valence-corrected chi connectivity index (χ3v) is 3.08. The van der Waals surface area contributed by atoms with Crippen LogP contribution in [0, 0.1) is 11.3 Å². The van der Waals surface area contributed by atoms with E-state index in [9.17, 15) is 0 Å². The summed E-state index contributed by atoms with van der Waals surface area (Å²) >= 11 is 5.98. The van der Waals surface area contributed by atoms with Crippen LogP contribution in [0.25, 0.3) is 0 Å². The maximum atomic E-state index is 8.82. The molecule has 98 valence electrons. The summed E-state index contributed by atoms with van der Waals surface area (Å²) in [5.41, 5.74) is 0.407. The fourth-order valence-corrected chi connectivity index (χ4v) is 1.87. The Kier molecular flexibility index (Phi) is 7.20. The van der Waals surface area contributed by atoms with E-state index in [1.54, 1.807) is 12.3 Å². The SMILES string of the molecule is CCCCCCCCOc1nccc(C#N)c1Cl. The molecule has 0 aliphatic rings. The van der Waals surface area contributed by atoms with Gasteiger partial charge in [-0.2, -0.15) is 5.26 Å². The van der Waals surface area contributed by atoms with Gasteiger partial charge in [-0.05, 0) is 12.5 Å². The molecule has 0 radical (unpaired) electrons. The van der Waals surface area contributed by atoms with E-state index in [1.165, 1.54) is 25.7 Å². The van der Waals surface area contributed by atoms with Crippen LogP contribution >= 0.6 is 11.6 Å². The van der Waals surface area contributed by atoms with E-state index in [0.29, 0.717) is 23.1 Å². The van der Waals surface area contributed by atoms with E-state index in [2.05, 4.69) is 11.9 Å². The molecule has 3 nitrogen and oxygen atoms in total. The Bertz CT molecular complexity index is 401. The number of hydrogen-bond donors (Lipinski definition) is 0. The fraction of sp³-hybridized carbons (Fsp3) is 0.571. The van der Waals surface area contributed by atoms with Crippen LogP contribution in [0.1, 0.15) is 51.0 Å². The van der Waals surface area contributed by atoms with Crippen molar-refractivity contribution in [2.75, 3.05) is 6.61 Å². The molecule has 0 N–H and O–H groups in total. The minimum atomic E-state index is 0.311. The number of halogens is 1. The number of nitrogens with zero attached hydrogens (tertiary/aromatic N) is 2. The van der Waals surface area contributed by atoms with Gasteiger partial charge < -0.3 is 4.74 Å². The standard InChI is InChI=1S/C14H19ClN2O/c1-2-3-4-5-6-7-10-18-14-13(15)12(11-16)8-9-17-14/h8-9H,2-7,10H2,1H3. The van der Waals surface area contributed by atoms with Gasteiger partial charge in [-0.3, -0.25) is 0 Å². The van der Waals surface area contributed by atoms with Crippen LogP contribution in [0.2, 0.25) is 5.02 Å². The van der Waals surface area contributed by atoms with Gasteiger partial charge in [0.15, 0.2) is 0 Å². The molecule has 1 rings (SSSR count). The molecule has 0 amide bonds. The first-order valence-electron chi connectivity index (χ1n) is 6.47. The topological polar surface area (TPSA) is 45.9 Å². The molecule has 0 aromatic carbocycles. The monoisotopic (exact) mass is 266 g/mol. The molecule has 1 aromatic rings. The number of rotatable bonds is 8. The van der Waals surface area contributed by atoms with Crippen molar-refractivity contribution >= 4 is 11.6 Å². The zero-order chi connectivity index (χ0) is 13.2. The summed E-state index contributed by atoms with van der Waals surface area (Å²) in [5.74, 6) is 0.365. The normalized spacial score (nSPS) is 10.1. The molecule has 1 heterocycles. The molecule has 0 fully saturated rings. The Labute approximate surface area is 114 Å². The number of hydrogen-bond acceptors (Lipinski definition) is 3. The molecule has 0 saturated carbocycles. The lowest BCUT2D eigenvalue weighted by Gasteiger charge is -2.07. The summed E-state index contributed by atoms with van der Waals surface area (Å²) in [6, 6.07) is 3.59. The Morgan fingerprint density at radius 1 is 1.28 bits per heavy atom. The molecule has 0 atom stereocenters. The highest BCUT2D eigenvalue weighted by Gasteiger charge is 2.07. The first kappa shape index (κ1) is 14.8. The summed E-state index contributed by atoms with van der Waals surface area (Å²) in [7, 11) is 0. The minimum Gasteiger partial charge on any atom is -0.477 e. The molecule has 0 saturated heterocycles. The maximum absolute atomic E-state index is 8.82. The average molecular weight is 267 g/mol. The number of aromatic nitrogens is 1. The number of ether oxygens (including phenoxy) is 1. The van der Waals surface area contributed by atoms with Gasteiger partial charge in [0.1, 0.15) is 11.1 Å². The second-order valence-corrected chi connectivity index (χ2v) is 4.58. The van der Waals surface area contributed by atoms with Crippen LogP contribution in [0.5, 0.6) is 5.88 Å². The summed E-state index contributed by atoms with van der Waals surface area (Å²) in [6.45, 7) is 2.81. The van der Waals surface area contributed by atoms with E-state index < -0.39 is 0 Å². The van der Waals surface area contributed by atoms with Crippen molar-refractivity contribution in [1.29, 1.82) is 5.26 Å². The van der Waals surface area contributed by atoms with E-state index in [0.717, 1.165) is 12.8 Å². The van der Waals surface area contributed by atoms with Crippen molar-refractivity contribution in [3.8, 4) is 11.9 Å². The molecule has 0 aliphatic carbocycles. The van der Waals surface area contributed by atoms with Crippen LogP contribution in [0.15, 0.2) is 12.3 Å². The molecule has 0 unspecified atom stereocenters. The van der Waals surface area contributed by atoms with Gasteiger partial charge in [0.2, 0.25) is 5.88 Å². The molecule has 0 aliphatic heterocycles. The summed E-state index contributed by atoms with van der Waals surface area (Å²) in [6.07, 6.45) is 8.81. The smallest absolute Gasteiger partial charge is 0.233 e. The molecule has 18 heavy (non-hydrogen) atoms. The highest BCUT2D eigenvalue weighted by molar-refractivity contribution is 6.32. The van der Waals surface area contributed by atoms with Gasteiger partial charge in [0.25, 0.3) is 0 Å². The second-order valence-electron chi connectivity index (χ2n) is 4.21. The predicted octanol–water partition coefficient (Wildman–Crippen LogP) is 4.35. The summed E-state index contributed by atoms with van der Waals surface area (Å²) < 4.78 is 5.49. The third-order valence-electron chi connectivity index (χ3n) is 2.71. The first-order valence-corrected chi connectivity index (χ1v) is 6.84. The van der Waals surface area contributed by atoms with Gasteiger partial charge in [0.05, 0.1) is 12.2 Å². The van der Waals surface area contributed by atoms with Gasteiger partial charge >= 0.3 is 0 Å². The Morgan fingerprint density at radius 2 is 2.00 bits per heavy atom. The van der Waals surface area contributed by atoms with Gasteiger partial charge in [0, 0.05) is 6.20 Å². The molecule has 1 aromatic heterocycles. The lowest BCUT2D eigenvalue weighted by molar-refractivity contribution is 0.293. The van der Waals surface area contributed by atoms with E-state index in [1.807, 2.05) is 6.07 Å². The minimum absolute atomic E-state index is 0.311. The Balaban J connectivity index is 2.26. The Morgan fingerprint density at radius 3 is 2.72 bits per heavy atom. The average Bonchev–Trinajstić information content (AvgIpc) is 2.39. The van der Waals surface area contributed by atoms with Gasteiger partial charge in [-0.1, -0.05) is 50.6 Å². The van der Waals surface area contributed by atoms with Crippen molar-refractivity contribution in [2.45, 2.75) is 45.4 Å². The van der Waals surface area contributed by atoms with Crippen LogP contribution < -0.4 is 4.74 Å². The third kappa shape index (κ3) is 4.93. The van der Waals surface area contributed by atoms with Crippen molar-refractivity contribution in [2.24, 2.45) is 0 Å². The lowest BCUT2D eigenvalue weighted by atomic mass is 10.1. The highest BCUT2D eigenvalue weighted by Crippen LogP contribution is 2.24. The lowest BCUT2D eigenvalue weighted by Crippen LogP contribution is -2.00. The van der Waals surface area contributed by atoms with Crippen molar-refractivity contribution in [3.63, 3.8) is 0 Å². The van der Waals surface area contributed by atoms with Crippen LogP contribution in [0.4, 0.5) is 0 Å². The predicted molar refractivity (Wildman–Crippen MR) is 72.8 cm³/mol. The van der Waals surface area contributed by atoms with Crippen molar-refractivity contribution < 1.29 is 4.74 Å². The van der Waals surface area contributed by atoms with Crippen LogP contribution in [-0.2, 0) is 0 Å². The van der Waals surface area contributed by atoms with E-state index in [4.69, 9.17) is 21.6 Å². The summed E-state index contributed by atoms with van der Waals surface area (Å²) in [4.78, 5) is 4.03. The first-order chi connectivity index (χ1) is 8.79. The maximum Gasteiger partial charge on any atom is 0.233 e. The zero-order valence-electron chi connectivity index (χ0n) is 10.8. The van der Waals surface area contributed by atoms with Crippen LogP contribution in [-0.4, -0.2) is 11.6 Å². The van der Waals surface area contributed by atoms with Gasteiger partial charge in [-0.15, -0.1) is 0 Å². The van der Waals surface area contributed by atoms with E-state index in [-0.39, 0.29) is 0 Å². The number of unbranched alkanes of at least 4 members (excludes halogenated alkanes) is 5. The second kappa shape index (κ2) is 8.77. The van der Waals surface area contributed by atoms with Crippen LogP contribution in [0.3, 0.4) is 0 Å². The largest absolute Gasteiger partial charge is 0.477 e. The molecular formula is C14H19ClN2O. The van der Waals surface area contributed by atoms with Gasteiger partial charge in [-0.25, -0.2) is 4.98 Å². The quantitative estimate of drug-likeness (QED) is 0.657. The van der Waals surface area contributed by atoms with Crippen molar-refractivity contribution in [1.82, 2.24) is 4.98 Å². The Hall–Kier alpha value is -1.27. The number of pyridine rings is 1. The number of nitriles is 1. The fourth-order valence-electron chi connectivity index (χ4n) is 1.66. The molecular weight excluding hydrogens is 248 g/mol. The van der Waals surface area contributed by atoms with E-state index >= 15 is 0 Å². The zero-order valence-corrected chi connectivity index (χ0v) is 11.5. The highest BCUT2D eigenvalue weighted by atomic mass is 35.5.